The summed E-state index contributed by atoms with van der Waals surface area (Å²) in [6.07, 6.45) is 16.8. The first-order chi connectivity index (χ1) is 19.2. The van der Waals surface area contributed by atoms with E-state index in [0.29, 0.717) is 34.9 Å². The van der Waals surface area contributed by atoms with Crippen molar-refractivity contribution in [3.63, 3.8) is 0 Å². The van der Waals surface area contributed by atoms with Crippen LogP contribution in [0.1, 0.15) is 91.9 Å². The molecule has 10 atom stereocenters. The fraction of sp³-hybridized carbons (Fsp3) is 0.944. The molecule has 0 bridgehead atoms. The second-order valence-electron chi connectivity index (χ2n) is 18.9. The summed E-state index contributed by atoms with van der Waals surface area (Å²) in [7, 11) is -4.65. The van der Waals surface area contributed by atoms with E-state index in [0.717, 1.165) is 36.7 Å². The zero-order valence-corrected chi connectivity index (χ0v) is 33.2. The molecule has 0 N–H and O–H groups in total. The quantitative estimate of drug-likeness (QED) is 0.158. The predicted octanol–water partition coefficient (Wildman–Crippen LogP) is 10.9. The van der Waals surface area contributed by atoms with Crippen molar-refractivity contribution in [1.82, 2.24) is 0 Å². The zero-order valence-electron chi connectivity index (χ0n) is 30.2. The molecule has 0 aliphatic heterocycles. The van der Waals surface area contributed by atoms with Crippen LogP contribution in [0.3, 0.4) is 0 Å². The highest BCUT2D eigenvalue weighted by Crippen LogP contribution is 2.68. The molecule has 0 saturated heterocycles. The van der Waals surface area contributed by atoms with Crippen molar-refractivity contribution in [3.8, 4) is 0 Å². The van der Waals surface area contributed by atoms with Crippen molar-refractivity contribution in [1.29, 1.82) is 0 Å². The molecule has 4 aliphatic carbocycles. The molecule has 0 heterocycles. The first-order valence-corrected chi connectivity index (χ1v) is 28.1. The Morgan fingerprint density at radius 1 is 0.786 bits per heavy atom. The third kappa shape index (κ3) is 8.15. The van der Waals surface area contributed by atoms with E-state index >= 15 is 0 Å². The molecular weight excluding hydrogens is 565 g/mol. The Morgan fingerprint density at radius 3 is 2.07 bits per heavy atom. The van der Waals surface area contributed by atoms with Gasteiger partial charge in [-0.05, 0) is 157 Å². The average molecular weight is 635 g/mol. The summed E-state index contributed by atoms with van der Waals surface area (Å²) >= 11 is 0. The van der Waals surface area contributed by atoms with E-state index in [1.807, 2.05) is 0 Å². The van der Waals surface area contributed by atoms with Crippen LogP contribution in [0.15, 0.2) is 11.6 Å². The van der Waals surface area contributed by atoms with E-state index in [1.165, 1.54) is 57.8 Å². The summed E-state index contributed by atoms with van der Waals surface area (Å²) in [4.78, 5) is 0. The number of rotatable bonds is 12. The van der Waals surface area contributed by atoms with Crippen molar-refractivity contribution in [2.75, 3.05) is 6.61 Å². The molecule has 3 nitrogen and oxygen atoms in total. The van der Waals surface area contributed by atoms with Crippen molar-refractivity contribution in [3.05, 3.63) is 11.6 Å². The van der Waals surface area contributed by atoms with Crippen LogP contribution >= 0.6 is 0 Å². The Hall–Kier alpha value is 0.271. The van der Waals surface area contributed by atoms with Crippen LogP contribution in [-0.4, -0.2) is 43.8 Å². The van der Waals surface area contributed by atoms with Crippen LogP contribution in [0, 0.1) is 46.3 Å². The normalized spacial score (nSPS) is 38.7. The van der Waals surface area contributed by atoms with Gasteiger partial charge in [0.15, 0.2) is 25.0 Å². The minimum atomic E-state index is -1.69. The molecule has 4 aliphatic rings. The Kier molecular flexibility index (Phi) is 10.7. The lowest BCUT2D eigenvalue weighted by atomic mass is 9.46. The van der Waals surface area contributed by atoms with Crippen LogP contribution in [0.2, 0.25) is 58.9 Å². The summed E-state index contributed by atoms with van der Waals surface area (Å²) in [5.41, 5.74) is 2.50. The molecule has 0 aromatic heterocycles. The number of hydrogen-bond donors (Lipinski definition) is 0. The molecule has 0 aromatic rings. The largest absolute Gasteiger partial charge is 0.417 e. The van der Waals surface area contributed by atoms with Crippen molar-refractivity contribution >= 4 is 25.0 Å². The Bertz CT molecular complexity index is 946. The van der Waals surface area contributed by atoms with Crippen LogP contribution in [0.4, 0.5) is 0 Å². The summed E-state index contributed by atoms with van der Waals surface area (Å²) in [6.45, 7) is 32.5. The Morgan fingerprint density at radius 2 is 1.45 bits per heavy atom. The van der Waals surface area contributed by atoms with Gasteiger partial charge in [-0.1, -0.05) is 52.2 Å². The van der Waals surface area contributed by atoms with Gasteiger partial charge in [-0.3, -0.25) is 0 Å². The second-order valence-corrected chi connectivity index (χ2v) is 32.3. The van der Waals surface area contributed by atoms with E-state index in [-0.39, 0.29) is 0 Å². The minimum absolute atomic E-state index is 0.307. The molecule has 3 saturated carbocycles. The highest BCUT2D eigenvalue weighted by molar-refractivity contribution is 6.70. The minimum Gasteiger partial charge on any atom is -0.417 e. The highest BCUT2D eigenvalue weighted by atomic mass is 28.4. The Labute approximate surface area is 265 Å². The van der Waals surface area contributed by atoms with Crippen molar-refractivity contribution in [2.24, 2.45) is 46.3 Å². The maximum absolute atomic E-state index is 7.19. The van der Waals surface area contributed by atoms with Gasteiger partial charge in [0.2, 0.25) is 0 Å². The molecule has 6 heteroatoms. The SMILES string of the molecule is CC(CCCC(C)C1CCC2C3C(CCC12C)C1(C)CC[C@H](O[Si](C)(C)C)CC1=C[C@@H]3O[Si](C)(C)C)CO[Si](C)(C)C. The third-order valence-corrected chi connectivity index (χ3v) is 15.0. The summed E-state index contributed by atoms with van der Waals surface area (Å²) < 4.78 is 20.1. The lowest BCUT2D eigenvalue weighted by molar-refractivity contribution is -0.0923. The lowest BCUT2D eigenvalue weighted by Crippen LogP contribution is -2.57. The van der Waals surface area contributed by atoms with E-state index in [4.69, 9.17) is 13.3 Å². The van der Waals surface area contributed by atoms with Gasteiger partial charge in [-0.15, -0.1) is 0 Å². The summed E-state index contributed by atoms with van der Waals surface area (Å²) in [5, 5.41) is 0. The van der Waals surface area contributed by atoms with Gasteiger partial charge in [-0.25, -0.2) is 0 Å². The average Bonchev–Trinajstić information content (AvgIpc) is 3.18. The molecular formula is C36H70O3Si3. The summed E-state index contributed by atoms with van der Waals surface area (Å²) in [5.74, 6) is 4.63. The smallest absolute Gasteiger partial charge is 0.184 e. The van der Waals surface area contributed by atoms with Crippen LogP contribution in [-0.2, 0) is 13.3 Å². The molecule has 0 aromatic carbocycles. The van der Waals surface area contributed by atoms with Gasteiger partial charge in [0.05, 0.1) is 6.10 Å². The van der Waals surface area contributed by atoms with E-state index in [2.05, 4.69) is 92.7 Å². The maximum Gasteiger partial charge on any atom is 0.184 e. The molecule has 3 fully saturated rings. The van der Waals surface area contributed by atoms with E-state index < -0.39 is 25.0 Å². The van der Waals surface area contributed by atoms with Gasteiger partial charge < -0.3 is 13.3 Å². The molecule has 8 unspecified atom stereocenters. The highest BCUT2D eigenvalue weighted by Gasteiger charge is 2.61. The standard InChI is InChI=1S/C36H70O3Si3/c1-26(25-37-40(5,6)7)15-14-16-27(2)30-17-18-31-34-32(20-22-36(30,31)4)35(3)21-19-29(38-41(8,9)10)23-28(35)24-33(34)39-42(11,12)13/h24,26-27,29-34H,14-23,25H2,1-13H3/t26?,27?,29-,30?,31?,32?,33-,34?,35?,36?/m0/s1. The van der Waals surface area contributed by atoms with E-state index in [9.17, 15) is 0 Å². The number of hydrogen-bond acceptors (Lipinski definition) is 3. The maximum atomic E-state index is 7.19. The molecule has 0 amide bonds. The second kappa shape index (κ2) is 12.8. The predicted molar refractivity (Wildman–Crippen MR) is 188 cm³/mol. The van der Waals surface area contributed by atoms with Gasteiger partial charge in [0.1, 0.15) is 0 Å². The molecule has 42 heavy (non-hydrogen) atoms. The number of fused-ring (bicyclic) bond motifs is 5. The van der Waals surface area contributed by atoms with E-state index in [1.54, 1.807) is 5.57 Å². The topological polar surface area (TPSA) is 27.7 Å². The van der Waals surface area contributed by atoms with Crippen LogP contribution in [0.25, 0.3) is 0 Å². The molecule has 4 rings (SSSR count). The van der Waals surface area contributed by atoms with Crippen molar-refractivity contribution < 1.29 is 13.3 Å². The first-order valence-electron chi connectivity index (χ1n) is 17.9. The fourth-order valence-electron chi connectivity index (χ4n) is 10.2. The zero-order chi connectivity index (χ0) is 31.3. The van der Waals surface area contributed by atoms with Crippen LogP contribution in [0.5, 0.6) is 0 Å². The van der Waals surface area contributed by atoms with Gasteiger partial charge in [0.25, 0.3) is 0 Å². The third-order valence-electron chi connectivity index (χ3n) is 12.0. The fourth-order valence-corrected chi connectivity index (χ4v) is 13.2. The summed E-state index contributed by atoms with van der Waals surface area (Å²) in [6, 6.07) is 0. The monoisotopic (exact) mass is 634 g/mol. The molecule has 0 radical (unpaired) electrons. The van der Waals surface area contributed by atoms with Crippen molar-refractivity contribution in [2.45, 2.75) is 163 Å². The first kappa shape index (κ1) is 35.1. The van der Waals surface area contributed by atoms with Crippen LogP contribution < -0.4 is 0 Å². The lowest BCUT2D eigenvalue weighted by Gasteiger charge is -2.61. The van der Waals surface area contributed by atoms with Gasteiger partial charge in [-0.2, -0.15) is 0 Å². The molecule has 244 valence electrons. The van der Waals surface area contributed by atoms with Gasteiger partial charge in [0, 0.05) is 12.7 Å². The molecule has 0 spiro atoms. The Balaban J connectivity index is 1.50. The van der Waals surface area contributed by atoms with Gasteiger partial charge >= 0.3 is 0 Å².